The first-order valence-electron chi connectivity index (χ1n) is 14.5. The SMILES string of the molecule is CCCCCCCCCCCC(CCCCCCCCC)OC(=O)C1CCCC(C(=O)O)C1. The molecule has 0 bridgehead atoms. The lowest BCUT2D eigenvalue weighted by Crippen LogP contribution is -2.31. The Bertz CT molecular complexity index is 490. The maximum Gasteiger partial charge on any atom is 0.309 e. The van der Waals surface area contributed by atoms with Crippen molar-refractivity contribution in [3.63, 3.8) is 0 Å². The fourth-order valence-corrected chi connectivity index (χ4v) is 5.16. The predicted octanol–water partition coefficient (Wildman–Crippen LogP) is 8.85. The number of hydrogen-bond acceptors (Lipinski definition) is 3. The van der Waals surface area contributed by atoms with Crippen LogP contribution >= 0.6 is 0 Å². The highest BCUT2D eigenvalue weighted by molar-refractivity contribution is 5.75. The summed E-state index contributed by atoms with van der Waals surface area (Å²) in [4.78, 5) is 24.2. The van der Waals surface area contributed by atoms with Gasteiger partial charge < -0.3 is 9.84 Å². The molecule has 1 fully saturated rings. The minimum absolute atomic E-state index is 0.0166. The average molecular weight is 467 g/mol. The van der Waals surface area contributed by atoms with Gasteiger partial charge in [-0.15, -0.1) is 0 Å². The van der Waals surface area contributed by atoms with Gasteiger partial charge in [-0.1, -0.05) is 110 Å². The molecule has 0 amide bonds. The van der Waals surface area contributed by atoms with Crippen molar-refractivity contribution >= 4 is 11.9 Å². The molecule has 4 heteroatoms. The summed E-state index contributed by atoms with van der Waals surface area (Å²) in [5.74, 6) is -1.50. The number of rotatable bonds is 21. The van der Waals surface area contributed by atoms with Gasteiger partial charge in [0, 0.05) is 0 Å². The Morgan fingerprint density at radius 1 is 0.697 bits per heavy atom. The lowest BCUT2D eigenvalue weighted by atomic mass is 9.81. The van der Waals surface area contributed by atoms with Gasteiger partial charge in [-0.05, 0) is 44.9 Å². The Morgan fingerprint density at radius 2 is 1.12 bits per heavy atom. The molecular formula is C29H54O4. The molecule has 1 aliphatic carbocycles. The van der Waals surface area contributed by atoms with Crippen LogP contribution in [0, 0.1) is 11.8 Å². The predicted molar refractivity (Wildman–Crippen MR) is 137 cm³/mol. The minimum atomic E-state index is -0.762. The summed E-state index contributed by atoms with van der Waals surface area (Å²) in [6.07, 6.45) is 25.3. The molecule has 1 saturated carbocycles. The Labute approximate surface area is 204 Å². The van der Waals surface area contributed by atoms with E-state index in [1.165, 1.54) is 89.9 Å². The highest BCUT2D eigenvalue weighted by atomic mass is 16.5. The highest BCUT2D eigenvalue weighted by Gasteiger charge is 2.32. The maximum atomic E-state index is 12.8. The molecule has 0 aromatic rings. The number of aliphatic carboxylic acids is 1. The first kappa shape index (κ1) is 30.0. The van der Waals surface area contributed by atoms with Crippen LogP contribution in [0.2, 0.25) is 0 Å². The van der Waals surface area contributed by atoms with Gasteiger partial charge in [-0.2, -0.15) is 0 Å². The number of carboxylic acid groups (broad SMARTS) is 1. The molecule has 194 valence electrons. The molecule has 0 radical (unpaired) electrons. The van der Waals surface area contributed by atoms with Crippen LogP contribution in [0.5, 0.6) is 0 Å². The van der Waals surface area contributed by atoms with Gasteiger partial charge in [0.15, 0.2) is 0 Å². The van der Waals surface area contributed by atoms with Crippen molar-refractivity contribution in [2.24, 2.45) is 11.8 Å². The summed E-state index contributed by atoms with van der Waals surface area (Å²) in [5.41, 5.74) is 0. The Balaban J connectivity index is 2.35. The number of carbonyl (C=O) groups excluding carboxylic acids is 1. The summed E-state index contributed by atoms with van der Waals surface area (Å²) in [5, 5.41) is 9.34. The van der Waals surface area contributed by atoms with E-state index in [4.69, 9.17) is 4.74 Å². The lowest BCUT2D eigenvalue weighted by molar-refractivity contribution is -0.158. The van der Waals surface area contributed by atoms with E-state index in [1.807, 2.05) is 0 Å². The zero-order valence-corrected chi connectivity index (χ0v) is 22.0. The van der Waals surface area contributed by atoms with Gasteiger partial charge in [0.05, 0.1) is 11.8 Å². The number of esters is 1. The molecule has 0 aromatic carbocycles. The van der Waals surface area contributed by atoms with Crippen LogP contribution in [0.1, 0.15) is 155 Å². The topological polar surface area (TPSA) is 63.6 Å². The zero-order chi connectivity index (χ0) is 24.2. The largest absolute Gasteiger partial charge is 0.481 e. The smallest absolute Gasteiger partial charge is 0.309 e. The number of ether oxygens (including phenoxy) is 1. The zero-order valence-electron chi connectivity index (χ0n) is 22.0. The van der Waals surface area contributed by atoms with E-state index in [0.29, 0.717) is 12.8 Å². The van der Waals surface area contributed by atoms with Crippen molar-refractivity contribution in [3.8, 4) is 0 Å². The molecule has 0 aliphatic heterocycles. The number of hydrogen-bond donors (Lipinski definition) is 1. The average Bonchev–Trinajstić information content (AvgIpc) is 2.82. The summed E-state index contributed by atoms with van der Waals surface area (Å²) < 4.78 is 6.00. The van der Waals surface area contributed by atoms with Gasteiger partial charge in [0.2, 0.25) is 0 Å². The van der Waals surface area contributed by atoms with E-state index in [-0.39, 0.29) is 23.9 Å². The number of carbonyl (C=O) groups is 2. The summed E-state index contributed by atoms with van der Waals surface area (Å²) in [7, 11) is 0. The van der Waals surface area contributed by atoms with E-state index in [9.17, 15) is 14.7 Å². The molecule has 1 rings (SSSR count). The molecule has 3 unspecified atom stereocenters. The molecule has 0 heterocycles. The standard InChI is InChI=1S/C29H54O4/c1-3-5-7-9-11-12-14-16-18-23-27(22-17-15-13-10-8-6-4-2)33-29(32)26-21-19-20-25(24-26)28(30)31/h25-27H,3-24H2,1-2H3,(H,30,31). The maximum absolute atomic E-state index is 12.8. The third-order valence-electron chi connectivity index (χ3n) is 7.40. The normalized spacial score (nSPS) is 19.3. The van der Waals surface area contributed by atoms with E-state index in [0.717, 1.165) is 38.5 Å². The monoisotopic (exact) mass is 466 g/mol. The van der Waals surface area contributed by atoms with Gasteiger partial charge in [0.25, 0.3) is 0 Å². The summed E-state index contributed by atoms with van der Waals surface area (Å²) in [6, 6.07) is 0. The van der Waals surface area contributed by atoms with Crippen molar-refractivity contribution in [2.75, 3.05) is 0 Å². The van der Waals surface area contributed by atoms with Crippen molar-refractivity contribution in [1.82, 2.24) is 0 Å². The van der Waals surface area contributed by atoms with Crippen molar-refractivity contribution < 1.29 is 19.4 Å². The summed E-state index contributed by atoms with van der Waals surface area (Å²) >= 11 is 0. The highest BCUT2D eigenvalue weighted by Crippen LogP contribution is 2.31. The fourth-order valence-electron chi connectivity index (χ4n) is 5.16. The van der Waals surface area contributed by atoms with Gasteiger partial charge >= 0.3 is 11.9 Å². The summed E-state index contributed by atoms with van der Waals surface area (Å²) in [6.45, 7) is 4.50. The van der Waals surface area contributed by atoms with Crippen LogP contribution in [0.3, 0.4) is 0 Å². The molecular weight excluding hydrogens is 412 g/mol. The quantitative estimate of drug-likeness (QED) is 0.135. The third-order valence-corrected chi connectivity index (χ3v) is 7.40. The molecule has 1 N–H and O–H groups in total. The van der Waals surface area contributed by atoms with Crippen LogP contribution in [0.15, 0.2) is 0 Å². The third kappa shape index (κ3) is 15.5. The second-order valence-corrected chi connectivity index (χ2v) is 10.5. The molecule has 0 aromatic heterocycles. The molecule has 3 atom stereocenters. The van der Waals surface area contributed by atoms with Crippen LogP contribution in [-0.4, -0.2) is 23.1 Å². The fraction of sp³-hybridized carbons (Fsp3) is 0.931. The Morgan fingerprint density at radius 3 is 1.58 bits per heavy atom. The second kappa shape index (κ2) is 20.3. The lowest BCUT2D eigenvalue weighted by Gasteiger charge is -2.27. The first-order valence-corrected chi connectivity index (χ1v) is 14.5. The molecule has 0 saturated heterocycles. The van der Waals surface area contributed by atoms with E-state index in [2.05, 4.69) is 13.8 Å². The van der Waals surface area contributed by atoms with Crippen LogP contribution < -0.4 is 0 Å². The Hall–Kier alpha value is -1.06. The minimum Gasteiger partial charge on any atom is -0.481 e. The van der Waals surface area contributed by atoms with Crippen LogP contribution in [0.4, 0.5) is 0 Å². The van der Waals surface area contributed by atoms with Gasteiger partial charge in [-0.3, -0.25) is 9.59 Å². The second-order valence-electron chi connectivity index (χ2n) is 10.5. The van der Waals surface area contributed by atoms with Gasteiger partial charge in [-0.25, -0.2) is 0 Å². The van der Waals surface area contributed by atoms with Crippen molar-refractivity contribution in [2.45, 2.75) is 161 Å². The molecule has 1 aliphatic rings. The first-order chi connectivity index (χ1) is 16.1. The number of carboxylic acids is 1. The number of unbranched alkanes of at least 4 members (excludes halogenated alkanes) is 14. The molecule has 4 nitrogen and oxygen atoms in total. The Kier molecular flexibility index (Phi) is 18.5. The van der Waals surface area contributed by atoms with Crippen molar-refractivity contribution in [3.05, 3.63) is 0 Å². The molecule has 33 heavy (non-hydrogen) atoms. The van der Waals surface area contributed by atoms with E-state index >= 15 is 0 Å². The van der Waals surface area contributed by atoms with Gasteiger partial charge in [0.1, 0.15) is 6.10 Å². The van der Waals surface area contributed by atoms with E-state index in [1.54, 1.807) is 0 Å². The van der Waals surface area contributed by atoms with Crippen LogP contribution in [-0.2, 0) is 14.3 Å². The van der Waals surface area contributed by atoms with Crippen molar-refractivity contribution in [1.29, 1.82) is 0 Å². The van der Waals surface area contributed by atoms with E-state index < -0.39 is 5.97 Å². The molecule has 0 spiro atoms. The van der Waals surface area contributed by atoms with Crippen LogP contribution in [0.25, 0.3) is 0 Å².